The summed E-state index contributed by atoms with van der Waals surface area (Å²) < 4.78 is 11.0. The average Bonchev–Trinajstić information content (AvgIpc) is 2.46. The summed E-state index contributed by atoms with van der Waals surface area (Å²) in [5.74, 6) is -0.778. The molecule has 1 aliphatic heterocycles. The summed E-state index contributed by atoms with van der Waals surface area (Å²) in [5.41, 5.74) is 0.243. The molecule has 120 valence electrons. The van der Waals surface area contributed by atoms with Crippen LogP contribution in [0.15, 0.2) is 18.3 Å². The number of hydrogen-bond donors (Lipinski definition) is 1. The zero-order valence-corrected chi connectivity index (χ0v) is 12.7. The maximum atomic E-state index is 12.6. The van der Waals surface area contributed by atoms with Crippen molar-refractivity contribution in [3.63, 3.8) is 0 Å². The molecule has 7 nitrogen and oxygen atoms in total. The van der Waals surface area contributed by atoms with E-state index in [1.807, 2.05) is 13.8 Å². The fourth-order valence-electron chi connectivity index (χ4n) is 2.27. The SMILES string of the molecule is CC(C)Oc1cccnc1C(=O)N1CCOC(CC(=O)O)C1. The number of rotatable bonds is 5. The lowest BCUT2D eigenvalue weighted by Gasteiger charge is -2.32. The van der Waals surface area contributed by atoms with Crippen molar-refractivity contribution in [2.75, 3.05) is 19.7 Å². The van der Waals surface area contributed by atoms with E-state index < -0.39 is 12.1 Å². The second-order valence-electron chi connectivity index (χ2n) is 5.36. The lowest BCUT2D eigenvalue weighted by Crippen LogP contribution is -2.46. The zero-order chi connectivity index (χ0) is 16.1. The Kier molecular flexibility index (Phi) is 5.32. The molecule has 1 saturated heterocycles. The van der Waals surface area contributed by atoms with Gasteiger partial charge in [-0.1, -0.05) is 0 Å². The van der Waals surface area contributed by atoms with Crippen LogP contribution in [0.4, 0.5) is 0 Å². The van der Waals surface area contributed by atoms with Crippen molar-refractivity contribution in [3.8, 4) is 5.75 Å². The van der Waals surface area contributed by atoms with Gasteiger partial charge in [-0.25, -0.2) is 4.98 Å². The minimum atomic E-state index is -0.944. The van der Waals surface area contributed by atoms with Gasteiger partial charge in [-0.2, -0.15) is 0 Å². The van der Waals surface area contributed by atoms with E-state index in [-0.39, 0.29) is 30.7 Å². The molecule has 1 aliphatic rings. The van der Waals surface area contributed by atoms with Crippen LogP contribution in [0, 0.1) is 0 Å². The molecule has 1 atom stereocenters. The van der Waals surface area contributed by atoms with Crippen LogP contribution in [0.3, 0.4) is 0 Å². The largest absolute Gasteiger partial charge is 0.489 e. The number of aromatic nitrogens is 1. The molecule has 2 heterocycles. The molecule has 0 saturated carbocycles. The van der Waals surface area contributed by atoms with E-state index in [1.54, 1.807) is 17.0 Å². The van der Waals surface area contributed by atoms with E-state index in [4.69, 9.17) is 14.6 Å². The quantitative estimate of drug-likeness (QED) is 0.879. The summed E-state index contributed by atoms with van der Waals surface area (Å²) in [6, 6.07) is 3.41. The van der Waals surface area contributed by atoms with Crippen molar-refractivity contribution in [1.29, 1.82) is 0 Å². The first-order valence-corrected chi connectivity index (χ1v) is 7.21. The van der Waals surface area contributed by atoms with Crippen molar-refractivity contribution < 1.29 is 24.2 Å². The molecule has 0 radical (unpaired) electrons. The van der Waals surface area contributed by atoms with Crippen molar-refractivity contribution >= 4 is 11.9 Å². The van der Waals surface area contributed by atoms with Gasteiger partial charge in [-0.05, 0) is 26.0 Å². The third kappa shape index (κ3) is 4.17. The van der Waals surface area contributed by atoms with Gasteiger partial charge < -0.3 is 19.5 Å². The molecule has 22 heavy (non-hydrogen) atoms. The third-order valence-electron chi connectivity index (χ3n) is 3.16. The van der Waals surface area contributed by atoms with Crippen LogP contribution in [-0.4, -0.2) is 58.8 Å². The normalized spacial score (nSPS) is 18.3. The van der Waals surface area contributed by atoms with Gasteiger partial charge in [0.1, 0.15) is 0 Å². The fraction of sp³-hybridized carbons (Fsp3) is 0.533. The maximum absolute atomic E-state index is 12.6. The number of ether oxygens (including phenoxy) is 2. The number of carbonyl (C=O) groups is 2. The Morgan fingerprint density at radius 1 is 1.55 bits per heavy atom. The summed E-state index contributed by atoms with van der Waals surface area (Å²) in [5, 5.41) is 8.84. The molecule has 0 bridgehead atoms. The van der Waals surface area contributed by atoms with Gasteiger partial charge in [-0.3, -0.25) is 9.59 Å². The molecule has 1 amide bonds. The minimum Gasteiger partial charge on any atom is -0.489 e. The molecule has 0 spiro atoms. The first kappa shape index (κ1) is 16.2. The number of carboxylic acid groups (broad SMARTS) is 1. The van der Waals surface area contributed by atoms with Crippen LogP contribution in [0.5, 0.6) is 5.75 Å². The Morgan fingerprint density at radius 3 is 3.00 bits per heavy atom. The van der Waals surface area contributed by atoms with Crippen LogP contribution in [0.2, 0.25) is 0 Å². The van der Waals surface area contributed by atoms with E-state index in [2.05, 4.69) is 4.98 Å². The van der Waals surface area contributed by atoms with Crippen LogP contribution in [-0.2, 0) is 9.53 Å². The summed E-state index contributed by atoms with van der Waals surface area (Å²) in [4.78, 5) is 29.1. The van der Waals surface area contributed by atoms with Gasteiger partial charge in [0.05, 0.1) is 25.2 Å². The summed E-state index contributed by atoms with van der Waals surface area (Å²) in [6.07, 6.45) is 0.852. The summed E-state index contributed by atoms with van der Waals surface area (Å²) in [6.45, 7) is 4.71. The van der Waals surface area contributed by atoms with Gasteiger partial charge >= 0.3 is 5.97 Å². The highest BCUT2D eigenvalue weighted by Crippen LogP contribution is 2.20. The van der Waals surface area contributed by atoms with Crippen molar-refractivity contribution in [1.82, 2.24) is 9.88 Å². The lowest BCUT2D eigenvalue weighted by atomic mass is 10.2. The maximum Gasteiger partial charge on any atom is 0.306 e. The Hall–Kier alpha value is -2.15. The van der Waals surface area contributed by atoms with Crippen LogP contribution >= 0.6 is 0 Å². The monoisotopic (exact) mass is 308 g/mol. The number of carboxylic acids is 1. The highest BCUT2D eigenvalue weighted by molar-refractivity contribution is 5.95. The van der Waals surface area contributed by atoms with E-state index in [9.17, 15) is 9.59 Å². The van der Waals surface area contributed by atoms with Crippen molar-refractivity contribution in [2.45, 2.75) is 32.5 Å². The van der Waals surface area contributed by atoms with E-state index >= 15 is 0 Å². The molecular formula is C15H20N2O5. The predicted molar refractivity (Wildman–Crippen MR) is 77.9 cm³/mol. The number of hydrogen-bond acceptors (Lipinski definition) is 5. The summed E-state index contributed by atoms with van der Waals surface area (Å²) >= 11 is 0. The molecule has 1 fully saturated rings. The van der Waals surface area contributed by atoms with E-state index in [0.717, 1.165) is 0 Å². The second kappa shape index (κ2) is 7.22. The number of nitrogens with zero attached hydrogens (tertiary/aromatic N) is 2. The first-order chi connectivity index (χ1) is 10.5. The average molecular weight is 308 g/mol. The summed E-state index contributed by atoms with van der Waals surface area (Å²) in [7, 11) is 0. The molecule has 1 unspecified atom stereocenters. The Bertz CT molecular complexity index is 546. The molecular weight excluding hydrogens is 288 g/mol. The highest BCUT2D eigenvalue weighted by atomic mass is 16.5. The predicted octanol–water partition coefficient (Wildman–Crippen LogP) is 1.18. The Balaban J connectivity index is 2.12. The Labute approximate surface area is 128 Å². The second-order valence-corrected chi connectivity index (χ2v) is 5.36. The number of amides is 1. The number of aliphatic carboxylic acids is 1. The fourth-order valence-corrected chi connectivity index (χ4v) is 2.27. The van der Waals surface area contributed by atoms with Gasteiger partial charge in [0, 0.05) is 19.3 Å². The molecule has 2 rings (SSSR count). The Morgan fingerprint density at radius 2 is 2.32 bits per heavy atom. The van der Waals surface area contributed by atoms with Gasteiger partial charge in [0.2, 0.25) is 0 Å². The van der Waals surface area contributed by atoms with E-state index in [1.165, 1.54) is 6.20 Å². The number of pyridine rings is 1. The van der Waals surface area contributed by atoms with Crippen LogP contribution in [0.1, 0.15) is 30.8 Å². The van der Waals surface area contributed by atoms with Crippen molar-refractivity contribution in [2.24, 2.45) is 0 Å². The van der Waals surface area contributed by atoms with E-state index in [0.29, 0.717) is 18.9 Å². The van der Waals surface area contributed by atoms with Gasteiger partial charge in [0.25, 0.3) is 5.91 Å². The molecule has 0 aliphatic carbocycles. The van der Waals surface area contributed by atoms with Crippen LogP contribution < -0.4 is 4.74 Å². The first-order valence-electron chi connectivity index (χ1n) is 7.21. The van der Waals surface area contributed by atoms with Gasteiger partial charge in [-0.15, -0.1) is 0 Å². The molecule has 1 aromatic heterocycles. The minimum absolute atomic E-state index is 0.0693. The molecule has 7 heteroatoms. The zero-order valence-electron chi connectivity index (χ0n) is 12.7. The van der Waals surface area contributed by atoms with Crippen LogP contribution in [0.25, 0.3) is 0 Å². The molecule has 0 aromatic carbocycles. The lowest BCUT2D eigenvalue weighted by molar-refractivity contribution is -0.141. The molecule has 1 N–H and O–H groups in total. The van der Waals surface area contributed by atoms with Gasteiger partial charge in [0.15, 0.2) is 11.4 Å². The standard InChI is InChI=1S/C15H20N2O5/c1-10(2)22-12-4-3-5-16-14(12)15(20)17-6-7-21-11(9-17)8-13(18)19/h3-5,10-11H,6-9H2,1-2H3,(H,18,19). The van der Waals surface area contributed by atoms with Crippen molar-refractivity contribution in [3.05, 3.63) is 24.0 Å². The molecule has 1 aromatic rings. The highest BCUT2D eigenvalue weighted by Gasteiger charge is 2.28. The third-order valence-corrected chi connectivity index (χ3v) is 3.16. The topological polar surface area (TPSA) is 89.0 Å². The number of morpholine rings is 1. The number of carbonyl (C=O) groups excluding carboxylic acids is 1. The smallest absolute Gasteiger partial charge is 0.306 e.